The first-order valence-electron chi connectivity index (χ1n) is 6.63. The Morgan fingerprint density at radius 3 is 2.32 bits per heavy atom. The second-order valence-electron chi connectivity index (χ2n) is 4.60. The maximum atomic E-state index is 11.3. The van der Waals surface area contributed by atoms with Crippen molar-refractivity contribution < 1.29 is 14.6 Å². The van der Waals surface area contributed by atoms with Crippen LogP contribution in [0.1, 0.15) is 9.80 Å². The highest BCUT2D eigenvalue weighted by Gasteiger charge is 2.18. The van der Waals surface area contributed by atoms with Gasteiger partial charge in [-0.1, -0.05) is 30.3 Å². The number of rotatable bonds is 4. The van der Waals surface area contributed by atoms with Crippen LogP contribution in [0.25, 0.3) is 21.7 Å². The average molecular weight is 311 g/mol. The summed E-state index contributed by atoms with van der Waals surface area (Å²) in [4.78, 5) is 16.4. The van der Waals surface area contributed by atoms with Gasteiger partial charge in [-0.05, 0) is 29.8 Å². The van der Waals surface area contributed by atoms with Gasteiger partial charge in [-0.25, -0.2) is 9.78 Å². The summed E-state index contributed by atoms with van der Waals surface area (Å²) in [5.41, 5.74) is 2.50. The molecule has 0 aliphatic carbocycles. The third-order valence-electron chi connectivity index (χ3n) is 3.21. The van der Waals surface area contributed by atoms with Crippen LogP contribution >= 0.6 is 11.3 Å². The highest BCUT2D eigenvalue weighted by molar-refractivity contribution is 7.17. The lowest BCUT2D eigenvalue weighted by Crippen LogP contribution is -1.94. The zero-order valence-electron chi connectivity index (χ0n) is 11.8. The summed E-state index contributed by atoms with van der Waals surface area (Å²) in [6.45, 7) is 0. The summed E-state index contributed by atoms with van der Waals surface area (Å²) in [6.07, 6.45) is 0. The van der Waals surface area contributed by atoms with Gasteiger partial charge < -0.3 is 9.84 Å². The Morgan fingerprint density at radius 2 is 1.73 bits per heavy atom. The Bertz CT molecular complexity index is 795. The maximum absolute atomic E-state index is 11.3. The molecule has 0 saturated carbocycles. The van der Waals surface area contributed by atoms with Crippen LogP contribution in [0, 0.1) is 0 Å². The molecular formula is C17H13NO3S. The lowest BCUT2D eigenvalue weighted by Gasteiger charge is -2.04. The zero-order valence-corrected chi connectivity index (χ0v) is 12.6. The molecule has 0 amide bonds. The maximum Gasteiger partial charge on any atom is 0.365 e. The normalized spacial score (nSPS) is 10.4. The second-order valence-corrected chi connectivity index (χ2v) is 5.60. The predicted octanol–water partition coefficient (Wildman–Crippen LogP) is 4.18. The number of hydrogen-bond donors (Lipinski definition) is 1. The first-order valence-corrected chi connectivity index (χ1v) is 7.44. The van der Waals surface area contributed by atoms with Crippen LogP contribution in [0.5, 0.6) is 5.75 Å². The van der Waals surface area contributed by atoms with Gasteiger partial charge in [-0.3, -0.25) is 0 Å². The number of ether oxygens (including phenoxy) is 1. The van der Waals surface area contributed by atoms with Crippen molar-refractivity contribution in [3.8, 4) is 27.4 Å². The third-order valence-corrected chi connectivity index (χ3v) is 4.30. The molecule has 5 heteroatoms. The van der Waals surface area contributed by atoms with Crippen LogP contribution in [-0.2, 0) is 0 Å². The van der Waals surface area contributed by atoms with E-state index in [9.17, 15) is 9.90 Å². The molecule has 22 heavy (non-hydrogen) atoms. The highest BCUT2D eigenvalue weighted by Crippen LogP contribution is 2.37. The Morgan fingerprint density at radius 1 is 1.05 bits per heavy atom. The van der Waals surface area contributed by atoms with E-state index in [0.717, 1.165) is 21.8 Å². The molecule has 0 saturated heterocycles. The highest BCUT2D eigenvalue weighted by atomic mass is 32.1. The summed E-state index contributed by atoms with van der Waals surface area (Å²) < 4.78 is 5.15. The smallest absolute Gasteiger partial charge is 0.365 e. The summed E-state index contributed by atoms with van der Waals surface area (Å²) in [6, 6.07) is 17.1. The van der Waals surface area contributed by atoms with E-state index in [-0.39, 0.29) is 5.01 Å². The molecule has 0 radical (unpaired) electrons. The van der Waals surface area contributed by atoms with Crippen LogP contribution < -0.4 is 4.74 Å². The summed E-state index contributed by atoms with van der Waals surface area (Å²) in [7, 11) is 1.61. The van der Waals surface area contributed by atoms with E-state index in [0.29, 0.717) is 5.69 Å². The number of aromatic carboxylic acids is 1. The molecule has 4 nitrogen and oxygen atoms in total. The quantitative estimate of drug-likeness (QED) is 0.785. The van der Waals surface area contributed by atoms with Crippen molar-refractivity contribution in [3.63, 3.8) is 0 Å². The molecule has 1 N–H and O–H groups in total. The van der Waals surface area contributed by atoms with Crippen molar-refractivity contribution in [2.24, 2.45) is 0 Å². The van der Waals surface area contributed by atoms with Gasteiger partial charge in [-0.15, -0.1) is 11.3 Å². The molecule has 1 heterocycles. The number of hydrogen-bond acceptors (Lipinski definition) is 4. The van der Waals surface area contributed by atoms with Crippen molar-refractivity contribution >= 4 is 17.3 Å². The van der Waals surface area contributed by atoms with Gasteiger partial charge in [-0.2, -0.15) is 0 Å². The first-order chi connectivity index (χ1) is 10.7. The van der Waals surface area contributed by atoms with Crippen molar-refractivity contribution in [3.05, 3.63) is 59.6 Å². The minimum atomic E-state index is -1.01. The van der Waals surface area contributed by atoms with Gasteiger partial charge in [0, 0.05) is 5.56 Å². The number of aromatic nitrogens is 1. The van der Waals surface area contributed by atoms with Gasteiger partial charge in [0.2, 0.25) is 5.01 Å². The SMILES string of the molecule is COc1ccc(-c2nc(C(=O)O)sc2-c2ccccc2)cc1. The number of carbonyl (C=O) groups is 1. The Balaban J connectivity index is 2.14. The van der Waals surface area contributed by atoms with E-state index in [4.69, 9.17) is 4.74 Å². The summed E-state index contributed by atoms with van der Waals surface area (Å²) >= 11 is 1.18. The summed E-state index contributed by atoms with van der Waals surface area (Å²) in [5.74, 6) is -0.263. The Hall–Kier alpha value is -2.66. The van der Waals surface area contributed by atoms with Crippen molar-refractivity contribution in [1.82, 2.24) is 4.98 Å². The lowest BCUT2D eigenvalue weighted by atomic mass is 10.1. The lowest BCUT2D eigenvalue weighted by molar-refractivity contribution is 0.0696. The van der Waals surface area contributed by atoms with Gasteiger partial charge in [0.25, 0.3) is 0 Å². The largest absolute Gasteiger partial charge is 0.497 e. The van der Waals surface area contributed by atoms with E-state index in [1.54, 1.807) is 7.11 Å². The number of nitrogens with zero attached hydrogens (tertiary/aromatic N) is 1. The molecule has 3 aromatic rings. The average Bonchev–Trinajstić information content (AvgIpc) is 3.01. The molecule has 0 atom stereocenters. The zero-order chi connectivity index (χ0) is 15.5. The van der Waals surface area contributed by atoms with Crippen LogP contribution in [0.3, 0.4) is 0 Å². The van der Waals surface area contributed by atoms with Crippen LogP contribution in [0.15, 0.2) is 54.6 Å². The number of thiazole rings is 1. The summed E-state index contributed by atoms with van der Waals surface area (Å²) in [5, 5.41) is 9.31. The molecule has 2 aromatic carbocycles. The van der Waals surface area contributed by atoms with E-state index in [1.807, 2.05) is 54.6 Å². The van der Waals surface area contributed by atoms with E-state index >= 15 is 0 Å². The monoisotopic (exact) mass is 311 g/mol. The van der Waals surface area contributed by atoms with Crippen LogP contribution in [0.2, 0.25) is 0 Å². The molecule has 0 fully saturated rings. The Labute approximate surface area is 131 Å². The molecule has 0 unspecified atom stereocenters. The number of benzene rings is 2. The standard InChI is InChI=1S/C17H13NO3S/c1-21-13-9-7-11(8-10-13)14-15(12-5-3-2-4-6-12)22-16(18-14)17(19)20/h2-10H,1H3,(H,19,20). The molecule has 1 aromatic heterocycles. The van der Waals surface area contributed by atoms with Crippen LogP contribution in [0.4, 0.5) is 0 Å². The van der Waals surface area contributed by atoms with Gasteiger partial charge in [0.1, 0.15) is 5.75 Å². The minimum absolute atomic E-state index is 0.0877. The molecule has 0 bridgehead atoms. The van der Waals surface area contributed by atoms with E-state index in [2.05, 4.69) is 4.98 Å². The molecule has 110 valence electrons. The molecule has 0 spiro atoms. The molecule has 0 aliphatic heterocycles. The predicted molar refractivity (Wildman–Crippen MR) is 86.5 cm³/mol. The van der Waals surface area contributed by atoms with Gasteiger partial charge in [0.15, 0.2) is 0 Å². The fourth-order valence-electron chi connectivity index (χ4n) is 2.14. The molecule has 3 rings (SSSR count). The third kappa shape index (κ3) is 2.71. The number of carboxylic acid groups (broad SMARTS) is 1. The van der Waals surface area contributed by atoms with E-state index in [1.165, 1.54) is 11.3 Å². The topological polar surface area (TPSA) is 59.4 Å². The van der Waals surface area contributed by atoms with E-state index < -0.39 is 5.97 Å². The van der Waals surface area contributed by atoms with Crippen LogP contribution in [-0.4, -0.2) is 23.2 Å². The van der Waals surface area contributed by atoms with Gasteiger partial charge in [0.05, 0.1) is 17.7 Å². The van der Waals surface area contributed by atoms with Crippen molar-refractivity contribution in [2.75, 3.05) is 7.11 Å². The molecule has 0 aliphatic rings. The van der Waals surface area contributed by atoms with Crippen molar-refractivity contribution in [2.45, 2.75) is 0 Å². The number of carboxylic acids is 1. The fraction of sp³-hybridized carbons (Fsp3) is 0.0588. The minimum Gasteiger partial charge on any atom is -0.497 e. The first kappa shape index (κ1) is 14.3. The van der Waals surface area contributed by atoms with Crippen molar-refractivity contribution in [1.29, 1.82) is 0 Å². The number of methoxy groups -OCH3 is 1. The fourth-order valence-corrected chi connectivity index (χ4v) is 3.07. The molecular weight excluding hydrogens is 298 g/mol. The second kappa shape index (κ2) is 5.99. The van der Waals surface area contributed by atoms with Gasteiger partial charge >= 0.3 is 5.97 Å². The Kier molecular flexibility index (Phi) is 3.89.